The zero-order valence-corrected chi connectivity index (χ0v) is 15.3. The first-order chi connectivity index (χ1) is 9.06. The lowest BCUT2D eigenvalue weighted by molar-refractivity contribution is 0.123. The van der Waals surface area contributed by atoms with Gasteiger partial charge in [0.1, 0.15) is 6.61 Å². The molecule has 20 heavy (non-hydrogen) atoms. The van der Waals surface area contributed by atoms with E-state index in [1.54, 1.807) is 0 Å². The lowest BCUT2D eigenvalue weighted by Crippen LogP contribution is -2.25. The van der Waals surface area contributed by atoms with Crippen LogP contribution in [0.25, 0.3) is 0 Å². The highest BCUT2D eigenvalue weighted by Crippen LogP contribution is 2.23. The van der Waals surface area contributed by atoms with Crippen molar-refractivity contribution >= 4 is 8.32 Å². The Kier molecular flexibility index (Phi) is 7.70. The lowest BCUT2D eigenvalue weighted by atomic mass is 9.88. The molecule has 0 aliphatic rings. The monoisotopic (exact) mass is 294 g/mol. The van der Waals surface area contributed by atoms with Crippen molar-refractivity contribution in [2.24, 2.45) is 5.41 Å². The van der Waals surface area contributed by atoms with Gasteiger partial charge in [0, 0.05) is 6.08 Å². The first kappa shape index (κ1) is 18.8. The Morgan fingerprint density at radius 2 is 1.80 bits per heavy atom. The van der Waals surface area contributed by atoms with Crippen molar-refractivity contribution in [1.29, 1.82) is 0 Å². The molecule has 0 N–H and O–H groups in total. The van der Waals surface area contributed by atoms with Gasteiger partial charge in [-0.15, -0.1) is 5.73 Å². The Balaban J connectivity index is 5.02. The third kappa shape index (κ3) is 9.71. The van der Waals surface area contributed by atoms with Crippen LogP contribution in [-0.2, 0) is 9.16 Å². The van der Waals surface area contributed by atoms with Crippen LogP contribution in [-0.4, -0.2) is 14.9 Å². The highest BCUT2D eigenvalue weighted by atomic mass is 28.4. The van der Waals surface area contributed by atoms with E-state index in [0.29, 0.717) is 12.6 Å². The van der Waals surface area contributed by atoms with E-state index in [1.807, 2.05) is 31.2 Å². The molecule has 0 saturated carbocycles. The molecular formula is C17H30O2Si. The largest absolute Gasteiger partial charge is 0.520 e. The standard InChI is InChI=1S/C17H30O2Si/c1-9-10-14-18-16(19-20(6,7)8)13-11-12-15(2)17(3,4)5/h9-11,13H,14H2,1-8H3/b10-9+,16-13-. The molecule has 0 aromatic rings. The zero-order chi connectivity index (χ0) is 15.8. The smallest absolute Gasteiger partial charge is 0.266 e. The molecule has 0 aromatic carbocycles. The Labute approximate surface area is 126 Å². The van der Waals surface area contributed by atoms with E-state index in [9.17, 15) is 0 Å². The Morgan fingerprint density at radius 3 is 2.25 bits per heavy atom. The summed E-state index contributed by atoms with van der Waals surface area (Å²) in [6.45, 7) is 17.5. The number of allylic oxidation sites excluding steroid dienone is 3. The molecule has 0 aliphatic heterocycles. The Hall–Kier alpha value is -1.18. The van der Waals surface area contributed by atoms with Crippen molar-refractivity contribution in [3.63, 3.8) is 0 Å². The predicted octanol–water partition coefficient (Wildman–Crippen LogP) is 5.42. The number of hydrogen-bond acceptors (Lipinski definition) is 2. The fourth-order valence-corrected chi connectivity index (χ4v) is 1.82. The highest BCUT2D eigenvalue weighted by molar-refractivity contribution is 6.70. The first-order valence-corrected chi connectivity index (χ1v) is 10.5. The summed E-state index contributed by atoms with van der Waals surface area (Å²) in [4.78, 5) is 0. The van der Waals surface area contributed by atoms with Gasteiger partial charge < -0.3 is 9.16 Å². The van der Waals surface area contributed by atoms with Crippen molar-refractivity contribution in [2.75, 3.05) is 6.61 Å². The zero-order valence-electron chi connectivity index (χ0n) is 14.3. The normalized spacial score (nSPS) is 13.1. The third-order valence-electron chi connectivity index (χ3n) is 2.61. The van der Waals surface area contributed by atoms with Gasteiger partial charge >= 0.3 is 0 Å². The number of hydrogen-bond donors (Lipinski definition) is 0. The van der Waals surface area contributed by atoms with Gasteiger partial charge in [-0.2, -0.15) is 0 Å². The molecule has 0 atom stereocenters. The van der Waals surface area contributed by atoms with Crippen molar-refractivity contribution in [3.05, 3.63) is 41.6 Å². The van der Waals surface area contributed by atoms with Crippen molar-refractivity contribution in [2.45, 2.75) is 54.3 Å². The van der Waals surface area contributed by atoms with Gasteiger partial charge in [-0.25, -0.2) is 0 Å². The van der Waals surface area contributed by atoms with Gasteiger partial charge in [-0.05, 0) is 50.6 Å². The molecule has 0 spiro atoms. The maximum Gasteiger partial charge on any atom is 0.266 e. The molecule has 0 rings (SSSR count). The minimum atomic E-state index is -1.67. The molecule has 0 bridgehead atoms. The minimum absolute atomic E-state index is 0.135. The second-order valence-electron chi connectivity index (χ2n) is 6.77. The summed E-state index contributed by atoms with van der Waals surface area (Å²) in [6.07, 6.45) is 7.66. The van der Waals surface area contributed by atoms with Crippen LogP contribution in [0.5, 0.6) is 0 Å². The van der Waals surface area contributed by atoms with Crippen LogP contribution >= 0.6 is 0 Å². The van der Waals surface area contributed by atoms with Crippen LogP contribution in [0.3, 0.4) is 0 Å². The van der Waals surface area contributed by atoms with E-state index in [0.717, 1.165) is 0 Å². The van der Waals surface area contributed by atoms with Crippen LogP contribution in [0.2, 0.25) is 19.6 Å². The summed E-state index contributed by atoms with van der Waals surface area (Å²) in [5.41, 5.74) is 4.62. The highest BCUT2D eigenvalue weighted by Gasteiger charge is 2.18. The van der Waals surface area contributed by atoms with Gasteiger partial charge in [0.25, 0.3) is 5.95 Å². The van der Waals surface area contributed by atoms with Gasteiger partial charge in [0.15, 0.2) is 0 Å². The second-order valence-corrected chi connectivity index (χ2v) is 11.2. The lowest BCUT2D eigenvalue weighted by Gasteiger charge is -2.21. The van der Waals surface area contributed by atoms with Crippen LogP contribution in [0.1, 0.15) is 34.6 Å². The summed E-state index contributed by atoms with van der Waals surface area (Å²) in [6, 6.07) is 0. The molecule has 0 radical (unpaired) electrons. The number of ether oxygens (including phenoxy) is 1. The molecule has 0 unspecified atom stereocenters. The fourth-order valence-electron chi connectivity index (χ4n) is 1.09. The van der Waals surface area contributed by atoms with E-state index in [4.69, 9.17) is 9.16 Å². The summed E-state index contributed by atoms with van der Waals surface area (Å²) >= 11 is 0. The van der Waals surface area contributed by atoms with Gasteiger partial charge in [0.05, 0.1) is 0 Å². The molecule has 0 saturated heterocycles. The summed E-state index contributed by atoms with van der Waals surface area (Å²) in [5.74, 6) is 0.580. The molecule has 0 heterocycles. The minimum Gasteiger partial charge on any atom is -0.520 e. The quantitative estimate of drug-likeness (QED) is 0.214. The fraction of sp³-hybridized carbons (Fsp3) is 0.588. The Bertz CT molecular complexity index is 411. The SMILES string of the molecule is C/C=C/CO/C(=C/C=C=C(C)C(C)(C)C)O[Si](C)(C)C. The Morgan fingerprint density at radius 1 is 1.20 bits per heavy atom. The van der Waals surface area contributed by atoms with Crippen LogP contribution in [0.15, 0.2) is 41.6 Å². The van der Waals surface area contributed by atoms with Gasteiger partial charge in [-0.3, -0.25) is 0 Å². The van der Waals surface area contributed by atoms with Crippen LogP contribution < -0.4 is 0 Å². The second kappa shape index (κ2) is 8.18. The summed E-state index contributed by atoms with van der Waals surface area (Å²) in [5, 5.41) is 0. The molecule has 0 aliphatic carbocycles. The topological polar surface area (TPSA) is 18.5 Å². The molecule has 0 aromatic heterocycles. The summed E-state index contributed by atoms with van der Waals surface area (Å²) in [7, 11) is -1.67. The molecular weight excluding hydrogens is 264 g/mol. The maximum atomic E-state index is 5.92. The van der Waals surface area contributed by atoms with E-state index in [-0.39, 0.29) is 5.41 Å². The van der Waals surface area contributed by atoms with Crippen LogP contribution in [0.4, 0.5) is 0 Å². The molecule has 3 heteroatoms. The summed E-state index contributed by atoms with van der Waals surface area (Å²) < 4.78 is 11.5. The van der Waals surface area contributed by atoms with Crippen molar-refractivity contribution < 1.29 is 9.16 Å². The maximum absolute atomic E-state index is 5.92. The third-order valence-corrected chi connectivity index (χ3v) is 3.42. The van der Waals surface area contributed by atoms with Crippen LogP contribution in [0, 0.1) is 5.41 Å². The van der Waals surface area contributed by atoms with E-state index in [1.165, 1.54) is 5.57 Å². The van der Waals surface area contributed by atoms with E-state index < -0.39 is 8.32 Å². The average molecular weight is 295 g/mol. The van der Waals surface area contributed by atoms with E-state index in [2.05, 4.69) is 53.1 Å². The van der Waals surface area contributed by atoms with Gasteiger partial charge in [-0.1, -0.05) is 32.9 Å². The number of rotatable bonds is 6. The molecule has 114 valence electrons. The molecule has 0 fully saturated rings. The molecule has 2 nitrogen and oxygen atoms in total. The van der Waals surface area contributed by atoms with Gasteiger partial charge in [0.2, 0.25) is 8.32 Å². The average Bonchev–Trinajstić information content (AvgIpc) is 2.25. The van der Waals surface area contributed by atoms with Crippen molar-refractivity contribution in [3.8, 4) is 0 Å². The first-order valence-electron chi connectivity index (χ1n) is 7.13. The van der Waals surface area contributed by atoms with Crippen molar-refractivity contribution in [1.82, 2.24) is 0 Å². The predicted molar refractivity (Wildman–Crippen MR) is 90.0 cm³/mol. The van der Waals surface area contributed by atoms with E-state index >= 15 is 0 Å². The molecule has 0 amide bonds.